The normalized spacial score (nSPS) is 15.7. The molecule has 184 valence electrons. The lowest BCUT2D eigenvalue weighted by atomic mass is 9.94. The van der Waals surface area contributed by atoms with E-state index in [1.54, 1.807) is 24.3 Å². The Morgan fingerprint density at radius 1 is 1.11 bits per heavy atom. The van der Waals surface area contributed by atoms with E-state index in [0.29, 0.717) is 17.2 Å². The van der Waals surface area contributed by atoms with E-state index in [1.807, 2.05) is 44.2 Å². The lowest BCUT2D eigenvalue weighted by Gasteiger charge is -2.36. The first-order valence-electron chi connectivity index (χ1n) is 11.1. The molecule has 1 atom stereocenters. The van der Waals surface area contributed by atoms with Crippen molar-refractivity contribution < 1.29 is 22.7 Å². The lowest BCUT2D eigenvalue weighted by Crippen LogP contribution is -2.55. The number of benzene rings is 3. The first kappa shape index (κ1) is 24.9. The van der Waals surface area contributed by atoms with Gasteiger partial charge in [0.1, 0.15) is 11.5 Å². The summed E-state index contributed by atoms with van der Waals surface area (Å²) in [5.74, 6) is 0.396. The van der Waals surface area contributed by atoms with E-state index in [9.17, 15) is 13.2 Å². The Kier molecular flexibility index (Phi) is 6.96. The third-order valence-corrected chi connectivity index (χ3v) is 7.71. The molecule has 0 spiro atoms. The number of amides is 1. The monoisotopic (exact) mass is 514 g/mol. The number of rotatable bonds is 7. The highest BCUT2D eigenvalue weighted by molar-refractivity contribution is 7.92. The molecule has 7 nitrogen and oxygen atoms in total. The number of sulfonamides is 1. The van der Waals surface area contributed by atoms with Gasteiger partial charge >= 0.3 is 0 Å². The highest BCUT2D eigenvalue weighted by Gasteiger charge is 2.39. The zero-order valence-electron chi connectivity index (χ0n) is 19.7. The second kappa shape index (κ2) is 9.79. The summed E-state index contributed by atoms with van der Waals surface area (Å²) in [5, 5.41) is 3.37. The fraction of sp³-hybridized carbons (Fsp3) is 0.269. The summed E-state index contributed by atoms with van der Waals surface area (Å²) >= 11 is 6.17. The van der Waals surface area contributed by atoms with Crippen molar-refractivity contribution in [1.29, 1.82) is 0 Å². The molecule has 0 aromatic heterocycles. The van der Waals surface area contributed by atoms with Gasteiger partial charge in [-0.15, -0.1) is 0 Å². The predicted octanol–water partition coefficient (Wildman–Crippen LogP) is 4.44. The van der Waals surface area contributed by atoms with Crippen molar-refractivity contribution in [3.63, 3.8) is 0 Å². The summed E-state index contributed by atoms with van der Waals surface area (Å²) in [6.07, 6.45) is -0.446. The van der Waals surface area contributed by atoms with Gasteiger partial charge in [-0.3, -0.25) is 9.10 Å². The molecule has 0 aliphatic carbocycles. The number of nitrogens with zero attached hydrogens (tertiary/aromatic N) is 1. The predicted molar refractivity (Wildman–Crippen MR) is 136 cm³/mol. The molecule has 1 aliphatic rings. The standard InChI is InChI=1S/C26H27ClN2O5S/c1-26(2,16-18-7-5-4-6-8-18)28-25(30)24-17-29(22-15-19(27)9-14-23(22)34-24)35(31,32)21-12-10-20(33-3)11-13-21/h4-15,24H,16-17H2,1-3H3,(H,28,30)/t24-/m0/s1. The van der Waals surface area contributed by atoms with Crippen molar-refractivity contribution in [2.24, 2.45) is 0 Å². The lowest BCUT2D eigenvalue weighted by molar-refractivity contribution is -0.129. The zero-order valence-corrected chi connectivity index (χ0v) is 21.3. The molecule has 1 amide bonds. The van der Waals surface area contributed by atoms with Gasteiger partial charge in [-0.05, 0) is 68.3 Å². The molecule has 0 saturated heterocycles. The number of halogens is 1. The molecule has 3 aromatic rings. The van der Waals surface area contributed by atoms with Gasteiger partial charge in [0.25, 0.3) is 15.9 Å². The Labute approximate surface area is 210 Å². The highest BCUT2D eigenvalue weighted by atomic mass is 35.5. The molecule has 0 bridgehead atoms. The van der Waals surface area contributed by atoms with Crippen LogP contribution in [0.1, 0.15) is 19.4 Å². The third kappa shape index (κ3) is 5.55. The largest absolute Gasteiger partial charge is 0.497 e. The number of carbonyl (C=O) groups excluding carboxylic acids is 1. The highest BCUT2D eigenvalue weighted by Crippen LogP contribution is 2.39. The van der Waals surface area contributed by atoms with Crippen LogP contribution in [0.2, 0.25) is 5.02 Å². The summed E-state index contributed by atoms with van der Waals surface area (Å²) in [6, 6.07) is 20.6. The molecule has 3 aromatic carbocycles. The molecule has 1 aliphatic heterocycles. The molecule has 1 N–H and O–H groups in total. The topological polar surface area (TPSA) is 84.9 Å². The van der Waals surface area contributed by atoms with Crippen molar-refractivity contribution >= 4 is 33.2 Å². The van der Waals surface area contributed by atoms with Crippen LogP contribution in [-0.4, -0.2) is 39.6 Å². The maximum Gasteiger partial charge on any atom is 0.264 e. The summed E-state index contributed by atoms with van der Waals surface area (Å²) in [4.78, 5) is 13.3. The van der Waals surface area contributed by atoms with Crippen LogP contribution < -0.4 is 19.1 Å². The number of hydrogen-bond donors (Lipinski definition) is 1. The Morgan fingerprint density at radius 2 is 1.80 bits per heavy atom. The van der Waals surface area contributed by atoms with E-state index in [-0.39, 0.29) is 22.9 Å². The number of hydrogen-bond acceptors (Lipinski definition) is 5. The van der Waals surface area contributed by atoms with Crippen LogP contribution in [-0.2, 0) is 21.2 Å². The molecule has 0 saturated carbocycles. The summed E-state index contributed by atoms with van der Waals surface area (Å²) in [5.41, 5.74) is 0.772. The average molecular weight is 515 g/mol. The summed E-state index contributed by atoms with van der Waals surface area (Å²) in [7, 11) is -2.51. The van der Waals surface area contributed by atoms with Crippen LogP contribution in [0.25, 0.3) is 0 Å². The average Bonchev–Trinajstić information content (AvgIpc) is 2.83. The minimum absolute atomic E-state index is 0.0645. The smallest absolute Gasteiger partial charge is 0.264 e. The molecule has 0 fully saturated rings. The maximum atomic E-state index is 13.6. The van der Waals surface area contributed by atoms with E-state index in [0.717, 1.165) is 5.56 Å². The Bertz CT molecular complexity index is 1310. The first-order chi connectivity index (χ1) is 16.6. The molecule has 4 rings (SSSR count). The van der Waals surface area contributed by atoms with Crippen LogP contribution in [0.4, 0.5) is 5.69 Å². The van der Waals surface area contributed by atoms with E-state index < -0.39 is 27.6 Å². The van der Waals surface area contributed by atoms with Gasteiger partial charge in [0.15, 0.2) is 6.10 Å². The molecule has 9 heteroatoms. The van der Waals surface area contributed by atoms with E-state index in [4.69, 9.17) is 21.1 Å². The van der Waals surface area contributed by atoms with E-state index in [2.05, 4.69) is 5.32 Å². The van der Waals surface area contributed by atoms with Gasteiger partial charge in [-0.2, -0.15) is 0 Å². The van der Waals surface area contributed by atoms with E-state index >= 15 is 0 Å². The van der Waals surface area contributed by atoms with Crippen LogP contribution in [0.15, 0.2) is 77.7 Å². The molecule has 0 radical (unpaired) electrons. The fourth-order valence-electron chi connectivity index (χ4n) is 4.03. The van der Waals surface area contributed by atoms with Crippen molar-refractivity contribution in [2.45, 2.75) is 36.8 Å². The quantitative estimate of drug-likeness (QED) is 0.504. The van der Waals surface area contributed by atoms with Crippen LogP contribution >= 0.6 is 11.6 Å². The SMILES string of the molecule is COc1ccc(S(=O)(=O)N2C[C@@H](C(=O)NC(C)(C)Cc3ccccc3)Oc3ccc(Cl)cc32)cc1. The summed E-state index contributed by atoms with van der Waals surface area (Å²) < 4.78 is 39.5. The first-order valence-corrected chi connectivity index (χ1v) is 12.9. The molecular formula is C26H27ClN2O5S. The molecular weight excluding hydrogens is 488 g/mol. The van der Waals surface area contributed by atoms with Crippen LogP contribution in [0, 0.1) is 0 Å². The van der Waals surface area contributed by atoms with Crippen LogP contribution in [0.3, 0.4) is 0 Å². The number of nitrogens with one attached hydrogen (secondary N) is 1. The van der Waals surface area contributed by atoms with Crippen LogP contribution in [0.5, 0.6) is 11.5 Å². The maximum absolute atomic E-state index is 13.6. The molecule has 0 unspecified atom stereocenters. The van der Waals surface area contributed by atoms with Crippen molar-refractivity contribution in [2.75, 3.05) is 18.0 Å². The van der Waals surface area contributed by atoms with Crippen molar-refractivity contribution in [3.8, 4) is 11.5 Å². The number of anilines is 1. The van der Waals surface area contributed by atoms with Crippen molar-refractivity contribution in [1.82, 2.24) is 5.32 Å². The molecule has 35 heavy (non-hydrogen) atoms. The second-order valence-corrected chi connectivity index (χ2v) is 11.3. The van der Waals surface area contributed by atoms with Gasteiger partial charge < -0.3 is 14.8 Å². The minimum Gasteiger partial charge on any atom is -0.497 e. The third-order valence-electron chi connectivity index (χ3n) is 5.68. The summed E-state index contributed by atoms with van der Waals surface area (Å²) in [6.45, 7) is 3.63. The number of ether oxygens (including phenoxy) is 2. The van der Waals surface area contributed by atoms with E-state index in [1.165, 1.54) is 29.6 Å². The van der Waals surface area contributed by atoms with Gasteiger partial charge in [0, 0.05) is 10.6 Å². The number of carbonyl (C=O) groups is 1. The van der Waals surface area contributed by atoms with Gasteiger partial charge in [0.2, 0.25) is 0 Å². The number of methoxy groups -OCH3 is 1. The van der Waals surface area contributed by atoms with Crippen molar-refractivity contribution in [3.05, 3.63) is 83.4 Å². The van der Waals surface area contributed by atoms with Gasteiger partial charge in [0.05, 0.1) is 24.2 Å². The van der Waals surface area contributed by atoms with Gasteiger partial charge in [-0.1, -0.05) is 41.9 Å². The Hall–Kier alpha value is -3.23. The zero-order chi connectivity index (χ0) is 25.2. The fourth-order valence-corrected chi connectivity index (χ4v) is 5.66. The molecule has 1 heterocycles. The van der Waals surface area contributed by atoms with Gasteiger partial charge in [-0.25, -0.2) is 8.42 Å². The Morgan fingerprint density at radius 3 is 2.46 bits per heavy atom. The Balaban J connectivity index is 1.62. The number of fused-ring (bicyclic) bond motifs is 1. The second-order valence-electron chi connectivity index (χ2n) is 8.97. The minimum atomic E-state index is -4.02.